The average molecular weight is 496 g/mol. The van der Waals surface area contributed by atoms with E-state index in [1.807, 2.05) is 35.8 Å². The molecule has 4 atom stereocenters. The first-order chi connectivity index (χ1) is 16.0. The first-order valence-corrected chi connectivity index (χ1v) is 13.4. The Morgan fingerprint density at radius 1 is 1.24 bits per heavy atom. The van der Waals surface area contributed by atoms with Crippen LogP contribution in [0.25, 0.3) is 6.08 Å². The van der Waals surface area contributed by atoms with Crippen molar-refractivity contribution in [3.05, 3.63) is 42.0 Å². The van der Waals surface area contributed by atoms with Crippen LogP contribution in [0, 0.1) is 17.8 Å². The third kappa shape index (κ3) is 6.88. The topological polar surface area (TPSA) is 137 Å². The van der Waals surface area contributed by atoms with Crippen molar-refractivity contribution in [3.8, 4) is 0 Å². The number of nitrogens with one attached hydrogen (secondary N) is 2. The Morgan fingerprint density at radius 3 is 2.44 bits per heavy atom. The van der Waals surface area contributed by atoms with Gasteiger partial charge in [0.05, 0.1) is 5.92 Å². The minimum Gasteiger partial charge on any atom is -0.350 e. The second kappa shape index (κ2) is 12.4. The van der Waals surface area contributed by atoms with E-state index in [4.69, 9.17) is 15.4 Å². The van der Waals surface area contributed by atoms with Crippen LogP contribution in [0.1, 0.15) is 52.0 Å². The van der Waals surface area contributed by atoms with Gasteiger partial charge in [-0.15, -0.1) is 0 Å². The molecule has 1 aliphatic rings. The van der Waals surface area contributed by atoms with Crippen LogP contribution in [0.5, 0.6) is 0 Å². The number of hydrogen-bond donors (Lipinski definition) is 3. The fraction of sp³-hybridized carbons (Fsp3) is 0.583. The molecule has 0 aliphatic carbocycles. The smallest absolute Gasteiger partial charge is 0.256 e. The predicted molar refractivity (Wildman–Crippen MR) is 130 cm³/mol. The molecule has 2 unspecified atom stereocenters. The number of carbonyl (C=O) groups is 2. The van der Waals surface area contributed by atoms with Gasteiger partial charge in [-0.25, -0.2) is 24.6 Å². The van der Waals surface area contributed by atoms with Gasteiger partial charge in [-0.1, -0.05) is 63.3 Å². The number of hydrazine groups is 1. The largest absolute Gasteiger partial charge is 0.350 e. The molecular formula is C24H37N3O6S. The molecule has 0 saturated carbocycles. The molecule has 1 saturated heterocycles. The lowest BCUT2D eigenvalue weighted by Crippen LogP contribution is -2.63. The number of hydrogen-bond acceptors (Lipinski definition) is 7. The Morgan fingerprint density at radius 2 is 1.91 bits per heavy atom. The second-order valence-electron chi connectivity index (χ2n) is 9.22. The second-order valence-corrected chi connectivity index (χ2v) is 11.5. The monoisotopic (exact) mass is 495 g/mol. The lowest BCUT2D eigenvalue weighted by atomic mass is 9.76. The van der Waals surface area contributed by atoms with E-state index in [1.54, 1.807) is 32.9 Å². The van der Waals surface area contributed by atoms with Crippen molar-refractivity contribution in [1.29, 1.82) is 0 Å². The van der Waals surface area contributed by atoms with Gasteiger partial charge in [0.15, 0.2) is 20.9 Å². The normalized spacial score (nSPS) is 20.5. The van der Waals surface area contributed by atoms with Crippen molar-refractivity contribution >= 4 is 27.7 Å². The Balaban J connectivity index is 2.51. The van der Waals surface area contributed by atoms with Gasteiger partial charge in [0.1, 0.15) is 0 Å². The van der Waals surface area contributed by atoms with Crippen molar-refractivity contribution in [2.45, 2.75) is 57.5 Å². The van der Waals surface area contributed by atoms with Crippen molar-refractivity contribution < 1.29 is 27.6 Å². The summed E-state index contributed by atoms with van der Waals surface area (Å²) in [5.41, 5.74) is 5.25. The summed E-state index contributed by atoms with van der Waals surface area (Å²) in [6, 6.07) is 9.38. The molecule has 34 heavy (non-hydrogen) atoms. The molecule has 0 radical (unpaired) electrons. The lowest BCUT2D eigenvalue weighted by Gasteiger charge is -2.40. The maximum Gasteiger partial charge on any atom is 0.256 e. The van der Waals surface area contributed by atoms with Gasteiger partial charge < -0.3 is 4.74 Å². The molecule has 1 aromatic rings. The van der Waals surface area contributed by atoms with E-state index in [2.05, 4.69) is 5.48 Å². The van der Waals surface area contributed by atoms with E-state index in [9.17, 15) is 18.0 Å². The number of benzene rings is 1. The van der Waals surface area contributed by atoms with Gasteiger partial charge in [-0.3, -0.25) is 15.0 Å². The van der Waals surface area contributed by atoms with Crippen molar-refractivity contribution in [2.24, 2.45) is 23.6 Å². The molecule has 0 bridgehead atoms. The molecule has 10 heteroatoms. The molecule has 1 heterocycles. The highest BCUT2D eigenvalue weighted by Gasteiger charge is 2.58. The van der Waals surface area contributed by atoms with E-state index in [0.717, 1.165) is 24.7 Å². The molecule has 2 amide bonds. The van der Waals surface area contributed by atoms with Gasteiger partial charge in [0.2, 0.25) is 5.91 Å². The van der Waals surface area contributed by atoms with E-state index >= 15 is 0 Å². The summed E-state index contributed by atoms with van der Waals surface area (Å²) in [5, 5.41) is 0. The zero-order chi connectivity index (χ0) is 25.4. The van der Waals surface area contributed by atoms with Gasteiger partial charge in [-0.05, 0) is 36.7 Å². The number of ether oxygens (including phenoxy) is 1. The summed E-state index contributed by atoms with van der Waals surface area (Å²) in [6.07, 6.45) is 6.13. The summed E-state index contributed by atoms with van der Waals surface area (Å²) in [6.45, 7) is 5.78. The predicted octanol–water partition coefficient (Wildman–Crippen LogP) is 2.35. The van der Waals surface area contributed by atoms with Gasteiger partial charge >= 0.3 is 0 Å². The van der Waals surface area contributed by atoms with Crippen LogP contribution in [-0.4, -0.2) is 44.1 Å². The Bertz CT molecular complexity index is 945. The van der Waals surface area contributed by atoms with Gasteiger partial charge in [0, 0.05) is 19.3 Å². The molecule has 0 aromatic heterocycles. The zero-order valence-corrected chi connectivity index (χ0v) is 21.1. The van der Waals surface area contributed by atoms with Crippen molar-refractivity contribution in [2.75, 3.05) is 12.9 Å². The quantitative estimate of drug-likeness (QED) is 0.243. The highest BCUT2D eigenvalue weighted by atomic mass is 32.2. The van der Waals surface area contributed by atoms with Crippen molar-refractivity contribution in [3.63, 3.8) is 0 Å². The highest BCUT2D eigenvalue weighted by Crippen LogP contribution is 2.39. The summed E-state index contributed by atoms with van der Waals surface area (Å²) in [4.78, 5) is 32.1. The Labute approximate surface area is 202 Å². The average Bonchev–Trinajstić information content (AvgIpc) is 2.80. The number of nitrogens with two attached hydrogens (primary N) is 1. The third-order valence-electron chi connectivity index (χ3n) is 6.02. The molecular weight excluding hydrogens is 458 g/mol. The molecule has 4 N–H and O–H groups in total. The molecule has 9 nitrogen and oxygen atoms in total. The zero-order valence-electron chi connectivity index (χ0n) is 20.3. The van der Waals surface area contributed by atoms with Gasteiger partial charge in [0.25, 0.3) is 5.91 Å². The maximum absolute atomic E-state index is 13.5. The summed E-state index contributed by atoms with van der Waals surface area (Å²) in [7, 11) is -4.12. The van der Waals surface area contributed by atoms with Crippen LogP contribution in [-0.2, 0) is 29.0 Å². The Kier molecular flexibility index (Phi) is 10.2. The van der Waals surface area contributed by atoms with Crippen molar-refractivity contribution in [1.82, 2.24) is 10.9 Å². The SMILES string of the molecule is CC(C)C[C@](C(=O)NN)([C@H](C(=O)NOC1CCCCO1)C(C)/C=C/c1ccccc1)S(C)(=O)=O. The molecule has 1 aliphatic heterocycles. The minimum atomic E-state index is -4.12. The van der Waals surface area contributed by atoms with Gasteiger partial charge in [-0.2, -0.15) is 0 Å². The summed E-state index contributed by atoms with van der Waals surface area (Å²) < 4.78 is 29.8. The first-order valence-electron chi connectivity index (χ1n) is 11.5. The number of rotatable bonds is 11. The van der Waals surface area contributed by atoms with Crippen LogP contribution in [0.3, 0.4) is 0 Å². The molecule has 190 valence electrons. The lowest BCUT2D eigenvalue weighted by molar-refractivity contribution is -0.203. The third-order valence-corrected chi connectivity index (χ3v) is 7.95. The fourth-order valence-corrected chi connectivity index (χ4v) is 6.26. The Hall–Kier alpha value is -2.27. The van der Waals surface area contributed by atoms with Crippen LogP contribution >= 0.6 is 0 Å². The van der Waals surface area contributed by atoms with Crippen LogP contribution in [0.4, 0.5) is 0 Å². The van der Waals surface area contributed by atoms with E-state index in [1.165, 1.54) is 0 Å². The van der Waals surface area contributed by atoms with Crippen LogP contribution in [0.15, 0.2) is 36.4 Å². The molecule has 0 spiro atoms. The number of sulfone groups is 1. The maximum atomic E-state index is 13.5. The minimum absolute atomic E-state index is 0.101. The first kappa shape index (κ1) is 28.0. The number of hydroxylamine groups is 1. The fourth-order valence-electron chi connectivity index (χ4n) is 4.44. The van der Waals surface area contributed by atoms with E-state index < -0.39 is 44.5 Å². The van der Waals surface area contributed by atoms with Crippen LogP contribution < -0.4 is 16.7 Å². The molecule has 1 fully saturated rings. The molecule has 2 rings (SSSR count). The summed E-state index contributed by atoms with van der Waals surface area (Å²) >= 11 is 0. The number of carbonyl (C=O) groups excluding carboxylic acids is 2. The summed E-state index contributed by atoms with van der Waals surface area (Å²) in [5.74, 6) is 1.59. The standard InChI is InChI=1S/C24H37N3O6S/c1-17(2)16-24(23(29)26-25,34(4,30)31)21(18(3)13-14-19-10-6-5-7-11-19)22(28)27-33-20-12-8-9-15-32-20/h5-7,10-11,13-14,17-18,20-21H,8-9,12,15-16,25H2,1-4H3,(H,26,29)(H,27,28)/b14-13+/t18?,20?,21-,24+/m0/s1. The molecule has 1 aromatic carbocycles. The van der Waals surface area contributed by atoms with E-state index in [0.29, 0.717) is 13.0 Å². The van der Waals surface area contributed by atoms with Crippen LogP contribution in [0.2, 0.25) is 0 Å². The number of amides is 2. The van der Waals surface area contributed by atoms with E-state index in [-0.39, 0.29) is 12.3 Å². The highest BCUT2D eigenvalue weighted by molar-refractivity contribution is 7.93. The number of allylic oxidation sites excluding steroid dienone is 1.